The third kappa shape index (κ3) is 2.93. The number of aliphatic hydroxyl groups excluding tert-OH is 1. The summed E-state index contributed by atoms with van der Waals surface area (Å²) in [6, 6.07) is 14.9. The van der Waals surface area contributed by atoms with Crippen LogP contribution in [0.4, 0.5) is 4.39 Å². The largest absolute Gasteiger partial charge is 0.388 e. The molecule has 0 aliphatic carbocycles. The Morgan fingerprint density at radius 2 is 1.89 bits per heavy atom. The molecule has 0 amide bonds. The van der Waals surface area contributed by atoms with Gasteiger partial charge in [0.25, 0.3) is 0 Å². The molecule has 2 aromatic rings. The first-order chi connectivity index (χ1) is 8.69. The zero-order chi connectivity index (χ0) is 13.0. The SMILES string of the molecule is N#Cc1ccc(C(O)Cc2cccc(F)c2)cc1. The third-order valence-electron chi connectivity index (χ3n) is 2.74. The number of hydrogen-bond acceptors (Lipinski definition) is 2. The topological polar surface area (TPSA) is 44.0 Å². The number of halogens is 1. The summed E-state index contributed by atoms with van der Waals surface area (Å²) >= 11 is 0. The van der Waals surface area contributed by atoms with Gasteiger partial charge in [0.05, 0.1) is 17.7 Å². The van der Waals surface area contributed by atoms with Crippen molar-refractivity contribution in [1.82, 2.24) is 0 Å². The van der Waals surface area contributed by atoms with Gasteiger partial charge in [-0.05, 0) is 35.4 Å². The summed E-state index contributed by atoms with van der Waals surface area (Å²) in [6.07, 6.45) is -0.344. The second-order valence-electron chi connectivity index (χ2n) is 4.08. The Hall–Kier alpha value is -2.18. The van der Waals surface area contributed by atoms with Gasteiger partial charge in [0.15, 0.2) is 0 Å². The van der Waals surface area contributed by atoms with Crippen molar-refractivity contribution in [2.24, 2.45) is 0 Å². The minimum atomic E-state index is -0.695. The van der Waals surface area contributed by atoms with Gasteiger partial charge < -0.3 is 5.11 Å². The van der Waals surface area contributed by atoms with Crippen molar-refractivity contribution in [3.63, 3.8) is 0 Å². The van der Waals surface area contributed by atoms with E-state index in [9.17, 15) is 9.50 Å². The molecule has 0 aliphatic rings. The van der Waals surface area contributed by atoms with E-state index in [0.29, 0.717) is 12.0 Å². The van der Waals surface area contributed by atoms with Gasteiger partial charge in [-0.15, -0.1) is 0 Å². The van der Waals surface area contributed by atoms with Crippen molar-refractivity contribution in [3.8, 4) is 6.07 Å². The Labute approximate surface area is 105 Å². The molecule has 18 heavy (non-hydrogen) atoms. The summed E-state index contributed by atoms with van der Waals surface area (Å²) in [5.41, 5.74) is 2.02. The van der Waals surface area contributed by atoms with E-state index in [1.165, 1.54) is 12.1 Å². The van der Waals surface area contributed by atoms with Crippen LogP contribution in [0.3, 0.4) is 0 Å². The number of benzene rings is 2. The molecule has 0 radical (unpaired) electrons. The van der Waals surface area contributed by atoms with E-state index in [1.807, 2.05) is 6.07 Å². The first kappa shape index (κ1) is 12.3. The van der Waals surface area contributed by atoms with E-state index < -0.39 is 6.10 Å². The first-order valence-corrected chi connectivity index (χ1v) is 5.61. The van der Waals surface area contributed by atoms with Gasteiger partial charge in [-0.2, -0.15) is 5.26 Å². The lowest BCUT2D eigenvalue weighted by Gasteiger charge is -2.11. The Morgan fingerprint density at radius 1 is 1.17 bits per heavy atom. The summed E-state index contributed by atoms with van der Waals surface area (Å²) in [5, 5.41) is 18.7. The molecule has 2 rings (SSSR count). The van der Waals surface area contributed by atoms with Crippen LogP contribution in [0, 0.1) is 17.1 Å². The molecule has 2 aromatic carbocycles. The lowest BCUT2D eigenvalue weighted by molar-refractivity contribution is 0.178. The van der Waals surface area contributed by atoms with E-state index in [4.69, 9.17) is 5.26 Å². The van der Waals surface area contributed by atoms with Crippen LogP contribution in [-0.4, -0.2) is 5.11 Å². The van der Waals surface area contributed by atoms with Crippen LogP contribution in [0.25, 0.3) is 0 Å². The maximum Gasteiger partial charge on any atom is 0.123 e. The van der Waals surface area contributed by atoms with Gasteiger partial charge in [0.2, 0.25) is 0 Å². The minimum Gasteiger partial charge on any atom is -0.388 e. The fraction of sp³-hybridized carbons (Fsp3) is 0.133. The fourth-order valence-corrected chi connectivity index (χ4v) is 1.78. The summed E-state index contributed by atoms with van der Waals surface area (Å²) in [7, 11) is 0. The predicted octanol–water partition coefficient (Wildman–Crippen LogP) is 2.97. The van der Waals surface area contributed by atoms with Crippen molar-refractivity contribution in [2.75, 3.05) is 0 Å². The maximum absolute atomic E-state index is 13.0. The average Bonchev–Trinajstić information content (AvgIpc) is 2.39. The van der Waals surface area contributed by atoms with Crippen molar-refractivity contribution in [1.29, 1.82) is 5.26 Å². The Kier molecular flexibility index (Phi) is 3.71. The molecule has 3 heteroatoms. The van der Waals surface area contributed by atoms with Crippen LogP contribution in [0.15, 0.2) is 48.5 Å². The number of nitriles is 1. The van der Waals surface area contributed by atoms with Crippen molar-refractivity contribution < 1.29 is 9.50 Å². The zero-order valence-corrected chi connectivity index (χ0v) is 9.68. The van der Waals surface area contributed by atoms with Gasteiger partial charge in [-0.25, -0.2) is 4.39 Å². The fourth-order valence-electron chi connectivity index (χ4n) is 1.78. The van der Waals surface area contributed by atoms with Crippen LogP contribution in [0.1, 0.15) is 22.8 Å². The van der Waals surface area contributed by atoms with Gasteiger partial charge in [0.1, 0.15) is 5.82 Å². The Balaban J connectivity index is 2.12. The molecule has 0 fully saturated rings. The number of hydrogen-bond donors (Lipinski definition) is 1. The highest BCUT2D eigenvalue weighted by Gasteiger charge is 2.09. The smallest absolute Gasteiger partial charge is 0.123 e. The van der Waals surface area contributed by atoms with E-state index in [-0.39, 0.29) is 5.82 Å². The molecule has 0 spiro atoms. The standard InChI is InChI=1S/C15H12FNO/c16-14-3-1-2-12(8-14)9-15(18)13-6-4-11(10-17)5-7-13/h1-8,15,18H,9H2. The van der Waals surface area contributed by atoms with Crippen LogP contribution < -0.4 is 0 Å². The van der Waals surface area contributed by atoms with E-state index in [0.717, 1.165) is 11.1 Å². The molecule has 0 bridgehead atoms. The molecule has 2 nitrogen and oxygen atoms in total. The summed E-state index contributed by atoms with van der Waals surface area (Å²) in [6.45, 7) is 0. The molecule has 1 N–H and O–H groups in total. The first-order valence-electron chi connectivity index (χ1n) is 5.61. The molecule has 0 aliphatic heterocycles. The van der Waals surface area contributed by atoms with Gasteiger partial charge in [0, 0.05) is 6.42 Å². The van der Waals surface area contributed by atoms with Crippen LogP contribution in [0.5, 0.6) is 0 Å². The molecule has 1 unspecified atom stereocenters. The third-order valence-corrected chi connectivity index (χ3v) is 2.74. The summed E-state index contributed by atoms with van der Waals surface area (Å²) in [5.74, 6) is -0.306. The lowest BCUT2D eigenvalue weighted by Crippen LogP contribution is -2.02. The molecule has 90 valence electrons. The minimum absolute atomic E-state index is 0.306. The highest BCUT2D eigenvalue weighted by atomic mass is 19.1. The van der Waals surface area contributed by atoms with Crippen LogP contribution >= 0.6 is 0 Å². The lowest BCUT2D eigenvalue weighted by atomic mass is 10.0. The highest BCUT2D eigenvalue weighted by Crippen LogP contribution is 2.19. The van der Waals surface area contributed by atoms with E-state index >= 15 is 0 Å². The molecular formula is C15H12FNO. The predicted molar refractivity (Wildman–Crippen MR) is 66.2 cm³/mol. The number of rotatable bonds is 3. The van der Waals surface area contributed by atoms with E-state index in [2.05, 4.69) is 0 Å². The van der Waals surface area contributed by atoms with Crippen molar-refractivity contribution in [3.05, 3.63) is 71.0 Å². The van der Waals surface area contributed by atoms with Crippen molar-refractivity contribution >= 4 is 0 Å². The molecular weight excluding hydrogens is 229 g/mol. The highest BCUT2D eigenvalue weighted by molar-refractivity contribution is 5.33. The number of nitrogens with zero attached hydrogens (tertiary/aromatic N) is 1. The molecule has 0 aromatic heterocycles. The second kappa shape index (κ2) is 5.44. The van der Waals surface area contributed by atoms with Crippen molar-refractivity contribution in [2.45, 2.75) is 12.5 Å². The monoisotopic (exact) mass is 241 g/mol. The summed E-state index contributed by atoms with van der Waals surface area (Å²) < 4.78 is 13.0. The Bertz CT molecular complexity index is 572. The number of aliphatic hydroxyl groups is 1. The second-order valence-corrected chi connectivity index (χ2v) is 4.08. The molecule has 1 atom stereocenters. The van der Waals surface area contributed by atoms with Crippen LogP contribution in [-0.2, 0) is 6.42 Å². The molecule has 0 saturated heterocycles. The van der Waals surface area contributed by atoms with Gasteiger partial charge >= 0.3 is 0 Å². The normalized spacial score (nSPS) is 11.8. The van der Waals surface area contributed by atoms with E-state index in [1.54, 1.807) is 36.4 Å². The molecule has 0 saturated carbocycles. The maximum atomic E-state index is 13.0. The Morgan fingerprint density at radius 3 is 2.50 bits per heavy atom. The molecule has 0 heterocycles. The van der Waals surface area contributed by atoms with Gasteiger partial charge in [-0.3, -0.25) is 0 Å². The van der Waals surface area contributed by atoms with Crippen LogP contribution in [0.2, 0.25) is 0 Å². The average molecular weight is 241 g/mol. The van der Waals surface area contributed by atoms with Gasteiger partial charge in [-0.1, -0.05) is 24.3 Å². The quantitative estimate of drug-likeness (QED) is 0.897. The summed E-state index contributed by atoms with van der Waals surface area (Å²) in [4.78, 5) is 0. The zero-order valence-electron chi connectivity index (χ0n) is 9.68.